The first-order chi connectivity index (χ1) is 10.1. The third-order valence-corrected chi connectivity index (χ3v) is 4.23. The van der Waals surface area contributed by atoms with Gasteiger partial charge >= 0.3 is 0 Å². The number of piperidine rings is 1. The minimum atomic E-state index is -2.61. The van der Waals surface area contributed by atoms with E-state index in [1.165, 1.54) is 6.33 Å². The van der Waals surface area contributed by atoms with Crippen LogP contribution >= 0.6 is 0 Å². The SMILES string of the molecule is O=C(C1CCN(c2ccncn2)C1)N1CCC(F)(F)CC1. The predicted molar refractivity (Wildman–Crippen MR) is 73.1 cm³/mol. The zero-order chi connectivity index (χ0) is 14.9. The van der Waals surface area contributed by atoms with Crippen molar-refractivity contribution < 1.29 is 13.6 Å². The monoisotopic (exact) mass is 296 g/mol. The average molecular weight is 296 g/mol. The van der Waals surface area contributed by atoms with Gasteiger partial charge in [-0.25, -0.2) is 18.7 Å². The van der Waals surface area contributed by atoms with Crippen molar-refractivity contribution in [1.82, 2.24) is 14.9 Å². The van der Waals surface area contributed by atoms with Gasteiger partial charge in [-0.3, -0.25) is 4.79 Å². The molecule has 1 unspecified atom stereocenters. The van der Waals surface area contributed by atoms with Gasteiger partial charge in [-0.2, -0.15) is 0 Å². The number of amides is 1. The lowest BCUT2D eigenvalue weighted by Crippen LogP contribution is -2.45. The fourth-order valence-electron chi connectivity index (χ4n) is 2.95. The number of aromatic nitrogens is 2. The van der Waals surface area contributed by atoms with Gasteiger partial charge in [-0.1, -0.05) is 0 Å². The number of halogens is 2. The topological polar surface area (TPSA) is 49.3 Å². The van der Waals surface area contributed by atoms with Gasteiger partial charge < -0.3 is 9.80 Å². The molecule has 7 heteroatoms. The molecule has 1 atom stereocenters. The molecule has 2 saturated heterocycles. The molecule has 0 bridgehead atoms. The van der Waals surface area contributed by atoms with Crippen LogP contribution in [0.2, 0.25) is 0 Å². The number of carbonyl (C=O) groups is 1. The van der Waals surface area contributed by atoms with Crippen molar-refractivity contribution in [3.05, 3.63) is 18.6 Å². The maximum absolute atomic E-state index is 13.1. The van der Waals surface area contributed by atoms with Crippen molar-refractivity contribution in [3.8, 4) is 0 Å². The van der Waals surface area contributed by atoms with E-state index in [0.29, 0.717) is 6.54 Å². The van der Waals surface area contributed by atoms with E-state index in [1.807, 2.05) is 11.0 Å². The minimum Gasteiger partial charge on any atom is -0.356 e. The Morgan fingerprint density at radius 1 is 1.29 bits per heavy atom. The van der Waals surface area contributed by atoms with Gasteiger partial charge in [0.2, 0.25) is 5.91 Å². The third-order valence-electron chi connectivity index (χ3n) is 4.23. The van der Waals surface area contributed by atoms with Gasteiger partial charge in [0, 0.05) is 45.2 Å². The Balaban J connectivity index is 1.58. The molecule has 0 N–H and O–H groups in total. The van der Waals surface area contributed by atoms with Crippen molar-refractivity contribution in [2.45, 2.75) is 25.2 Å². The van der Waals surface area contributed by atoms with E-state index in [1.54, 1.807) is 11.1 Å². The van der Waals surface area contributed by atoms with E-state index in [-0.39, 0.29) is 37.8 Å². The van der Waals surface area contributed by atoms with Gasteiger partial charge in [-0.15, -0.1) is 0 Å². The number of rotatable bonds is 2. The molecule has 0 aromatic carbocycles. The summed E-state index contributed by atoms with van der Waals surface area (Å²) in [4.78, 5) is 24.1. The van der Waals surface area contributed by atoms with E-state index in [9.17, 15) is 13.6 Å². The molecule has 0 saturated carbocycles. The molecule has 0 aliphatic carbocycles. The summed E-state index contributed by atoms with van der Waals surface area (Å²) in [5.41, 5.74) is 0. The molecule has 1 aromatic rings. The Bertz CT molecular complexity index is 501. The number of likely N-dealkylation sites (tertiary alicyclic amines) is 1. The average Bonchev–Trinajstić information content (AvgIpc) is 2.97. The van der Waals surface area contributed by atoms with E-state index in [2.05, 4.69) is 9.97 Å². The fraction of sp³-hybridized carbons (Fsp3) is 0.643. The van der Waals surface area contributed by atoms with Gasteiger partial charge in [0.15, 0.2) is 0 Å². The largest absolute Gasteiger partial charge is 0.356 e. The summed E-state index contributed by atoms with van der Waals surface area (Å²) in [5.74, 6) is -1.92. The third kappa shape index (κ3) is 3.11. The Kier molecular flexibility index (Phi) is 3.73. The second-order valence-corrected chi connectivity index (χ2v) is 5.68. The van der Waals surface area contributed by atoms with Crippen molar-refractivity contribution in [2.75, 3.05) is 31.1 Å². The molecule has 21 heavy (non-hydrogen) atoms. The minimum absolute atomic E-state index is 0.00190. The van der Waals surface area contributed by atoms with Crippen molar-refractivity contribution >= 4 is 11.7 Å². The molecule has 2 fully saturated rings. The van der Waals surface area contributed by atoms with Crippen LogP contribution in [0.5, 0.6) is 0 Å². The summed E-state index contributed by atoms with van der Waals surface area (Å²) in [6, 6.07) is 1.81. The second kappa shape index (κ2) is 5.54. The molecule has 3 heterocycles. The first-order valence-corrected chi connectivity index (χ1v) is 7.23. The molecule has 3 rings (SSSR count). The van der Waals surface area contributed by atoms with Gasteiger partial charge in [0.1, 0.15) is 12.1 Å². The number of hydrogen-bond acceptors (Lipinski definition) is 4. The highest BCUT2D eigenvalue weighted by Gasteiger charge is 2.38. The number of alkyl halides is 2. The summed E-state index contributed by atoms with van der Waals surface area (Å²) in [5, 5.41) is 0. The van der Waals surface area contributed by atoms with Crippen molar-refractivity contribution in [2.24, 2.45) is 5.92 Å². The molecule has 0 radical (unpaired) electrons. The van der Waals surface area contributed by atoms with Crippen LogP contribution in [0, 0.1) is 5.92 Å². The Morgan fingerprint density at radius 3 is 2.71 bits per heavy atom. The maximum atomic E-state index is 13.1. The molecular formula is C14H18F2N4O. The molecule has 1 amide bonds. The second-order valence-electron chi connectivity index (χ2n) is 5.68. The van der Waals surface area contributed by atoms with E-state index in [0.717, 1.165) is 18.8 Å². The maximum Gasteiger partial charge on any atom is 0.251 e. The van der Waals surface area contributed by atoms with Crippen LogP contribution in [0.1, 0.15) is 19.3 Å². The van der Waals surface area contributed by atoms with Crippen LogP contribution in [0.25, 0.3) is 0 Å². The first kappa shape index (κ1) is 14.2. The molecule has 2 aliphatic heterocycles. The lowest BCUT2D eigenvalue weighted by Gasteiger charge is -2.33. The fourth-order valence-corrected chi connectivity index (χ4v) is 2.95. The zero-order valence-corrected chi connectivity index (χ0v) is 11.7. The highest BCUT2D eigenvalue weighted by Crippen LogP contribution is 2.30. The number of anilines is 1. The standard InChI is InChI=1S/C14H18F2N4O/c15-14(16)3-7-19(8-4-14)13(21)11-2-6-20(9-11)12-1-5-17-10-18-12/h1,5,10-11H,2-4,6-9H2. The smallest absolute Gasteiger partial charge is 0.251 e. The summed E-state index contributed by atoms with van der Waals surface area (Å²) < 4.78 is 26.3. The molecule has 2 aliphatic rings. The Morgan fingerprint density at radius 2 is 2.05 bits per heavy atom. The van der Waals surface area contributed by atoms with Crippen LogP contribution in [-0.2, 0) is 4.79 Å². The lowest BCUT2D eigenvalue weighted by atomic mass is 10.0. The lowest BCUT2D eigenvalue weighted by molar-refractivity contribution is -0.140. The van der Waals surface area contributed by atoms with E-state index >= 15 is 0 Å². The number of nitrogens with zero attached hydrogens (tertiary/aromatic N) is 4. The zero-order valence-electron chi connectivity index (χ0n) is 11.7. The molecular weight excluding hydrogens is 278 g/mol. The summed E-state index contributed by atoms with van der Waals surface area (Å²) in [6.07, 6.45) is 3.46. The highest BCUT2D eigenvalue weighted by molar-refractivity contribution is 5.80. The summed E-state index contributed by atoms with van der Waals surface area (Å²) in [6.45, 7) is 1.69. The van der Waals surface area contributed by atoms with Crippen molar-refractivity contribution in [3.63, 3.8) is 0 Å². The van der Waals surface area contributed by atoms with Gasteiger partial charge in [0.05, 0.1) is 5.92 Å². The van der Waals surface area contributed by atoms with Crippen molar-refractivity contribution in [1.29, 1.82) is 0 Å². The number of carbonyl (C=O) groups excluding carboxylic acids is 1. The van der Waals surface area contributed by atoms with Crippen LogP contribution < -0.4 is 4.90 Å². The van der Waals surface area contributed by atoms with Crippen LogP contribution in [-0.4, -0.2) is 52.9 Å². The first-order valence-electron chi connectivity index (χ1n) is 7.23. The number of hydrogen-bond donors (Lipinski definition) is 0. The van der Waals surface area contributed by atoms with E-state index < -0.39 is 5.92 Å². The Labute approximate surface area is 122 Å². The molecule has 0 spiro atoms. The predicted octanol–water partition coefficient (Wildman–Crippen LogP) is 1.56. The van der Waals surface area contributed by atoms with E-state index in [4.69, 9.17) is 0 Å². The molecule has 5 nitrogen and oxygen atoms in total. The summed E-state index contributed by atoms with van der Waals surface area (Å²) >= 11 is 0. The van der Waals surface area contributed by atoms with Crippen LogP contribution in [0.3, 0.4) is 0 Å². The summed E-state index contributed by atoms with van der Waals surface area (Å²) in [7, 11) is 0. The normalized spacial score (nSPS) is 25.1. The molecule has 114 valence electrons. The highest BCUT2D eigenvalue weighted by atomic mass is 19.3. The van der Waals surface area contributed by atoms with Crippen LogP contribution in [0.4, 0.5) is 14.6 Å². The van der Waals surface area contributed by atoms with Gasteiger partial charge in [0.25, 0.3) is 5.92 Å². The quantitative estimate of drug-likeness (QED) is 0.831. The van der Waals surface area contributed by atoms with Crippen LogP contribution in [0.15, 0.2) is 18.6 Å². The van der Waals surface area contributed by atoms with Gasteiger partial charge in [-0.05, 0) is 12.5 Å². The Hall–Kier alpha value is -1.79. The molecule has 1 aromatic heterocycles.